The first-order valence-electron chi connectivity index (χ1n) is 6.10. The third-order valence-electron chi connectivity index (χ3n) is 3.35. The second kappa shape index (κ2) is 4.46. The summed E-state index contributed by atoms with van der Waals surface area (Å²) >= 11 is 6.10. The van der Waals surface area contributed by atoms with Crippen LogP contribution in [0, 0.1) is 5.82 Å². The fourth-order valence-electron chi connectivity index (χ4n) is 2.28. The molecule has 1 saturated heterocycles. The normalized spacial score (nSPS) is 24.0. The highest BCUT2D eigenvalue weighted by atomic mass is 35.5. The summed E-state index contributed by atoms with van der Waals surface area (Å²) in [6.07, 6.45) is 3.46. The molecule has 0 amide bonds. The Kier molecular flexibility index (Phi) is 2.97. The van der Waals surface area contributed by atoms with Crippen LogP contribution in [0.1, 0.15) is 30.7 Å². The van der Waals surface area contributed by atoms with E-state index in [4.69, 9.17) is 16.3 Å². The van der Waals surface area contributed by atoms with E-state index in [0.717, 1.165) is 37.9 Å². The molecule has 0 radical (unpaired) electrons. The molecule has 1 N–H and O–H groups in total. The molecule has 4 heteroatoms. The minimum Gasteiger partial charge on any atom is -0.489 e. The van der Waals surface area contributed by atoms with Gasteiger partial charge in [-0.1, -0.05) is 11.6 Å². The van der Waals surface area contributed by atoms with Crippen molar-refractivity contribution in [3.05, 3.63) is 28.5 Å². The van der Waals surface area contributed by atoms with Gasteiger partial charge in [0.15, 0.2) is 0 Å². The topological polar surface area (TPSA) is 21.3 Å². The van der Waals surface area contributed by atoms with Crippen LogP contribution in [0.4, 0.5) is 4.39 Å². The van der Waals surface area contributed by atoms with Gasteiger partial charge in [-0.2, -0.15) is 0 Å². The van der Waals surface area contributed by atoms with Crippen LogP contribution in [0.25, 0.3) is 0 Å². The van der Waals surface area contributed by atoms with Crippen molar-refractivity contribution in [1.82, 2.24) is 5.32 Å². The monoisotopic (exact) mass is 255 g/mol. The van der Waals surface area contributed by atoms with Crippen molar-refractivity contribution in [2.24, 2.45) is 0 Å². The van der Waals surface area contributed by atoms with Crippen LogP contribution in [0.15, 0.2) is 12.1 Å². The molecule has 1 heterocycles. The predicted molar refractivity (Wildman–Crippen MR) is 65.3 cm³/mol. The number of hydrogen-bond acceptors (Lipinski definition) is 2. The molecule has 1 aliphatic heterocycles. The zero-order chi connectivity index (χ0) is 11.8. The van der Waals surface area contributed by atoms with Crippen LogP contribution >= 0.6 is 11.6 Å². The van der Waals surface area contributed by atoms with Crippen LogP contribution < -0.4 is 10.1 Å². The maximum absolute atomic E-state index is 13.5. The van der Waals surface area contributed by atoms with Crippen LogP contribution in [-0.4, -0.2) is 19.2 Å². The second-order valence-corrected chi connectivity index (χ2v) is 5.22. The highest BCUT2D eigenvalue weighted by molar-refractivity contribution is 6.32. The minimum atomic E-state index is -0.278. The van der Waals surface area contributed by atoms with Gasteiger partial charge in [-0.15, -0.1) is 0 Å². The summed E-state index contributed by atoms with van der Waals surface area (Å²) in [5.41, 5.74) is 0.923. The molecule has 1 saturated carbocycles. The molecule has 2 nitrogen and oxygen atoms in total. The highest BCUT2D eigenvalue weighted by Crippen LogP contribution is 2.40. The van der Waals surface area contributed by atoms with Crippen molar-refractivity contribution in [2.75, 3.05) is 13.1 Å². The van der Waals surface area contributed by atoms with Crippen LogP contribution in [0.2, 0.25) is 5.02 Å². The van der Waals surface area contributed by atoms with Crippen molar-refractivity contribution in [3.63, 3.8) is 0 Å². The van der Waals surface area contributed by atoms with Crippen LogP contribution in [-0.2, 0) is 0 Å². The van der Waals surface area contributed by atoms with Gasteiger partial charge in [0.25, 0.3) is 0 Å². The van der Waals surface area contributed by atoms with Crippen molar-refractivity contribution in [1.29, 1.82) is 0 Å². The lowest BCUT2D eigenvalue weighted by Crippen LogP contribution is -2.10. The molecule has 1 aromatic carbocycles. The van der Waals surface area contributed by atoms with Gasteiger partial charge in [0.05, 0.1) is 11.1 Å². The maximum atomic E-state index is 13.5. The third kappa shape index (κ3) is 2.40. The van der Waals surface area contributed by atoms with Gasteiger partial charge in [0, 0.05) is 18.0 Å². The zero-order valence-corrected chi connectivity index (χ0v) is 10.3. The van der Waals surface area contributed by atoms with E-state index in [0.29, 0.717) is 16.7 Å². The highest BCUT2D eigenvalue weighted by Gasteiger charge is 2.29. The number of rotatable bonds is 3. The summed E-state index contributed by atoms with van der Waals surface area (Å²) in [5, 5.41) is 3.69. The van der Waals surface area contributed by atoms with E-state index in [1.54, 1.807) is 6.07 Å². The molecular weight excluding hydrogens is 241 g/mol. The molecule has 1 aromatic rings. The van der Waals surface area contributed by atoms with Gasteiger partial charge in [-0.25, -0.2) is 4.39 Å². The summed E-state index contributed by atoms with van der Waals surface area (Å²) in [4.78, 5) is 0. The summed E-state index contributed by atoms with van der Waals surface area (Å²) in [7, 11) is 0. The van der Waals surface area contributed by atoms with Gasteiger partial charge in [-0.3, -0.25) is 0 Å². The number of nitrogens with one attached hydrogen (secondary N) is 1. The van der Waals surface area contributed by atoms with Crippen molar-refractivity contribution in [2.45, 2.75) is 31.3 Å². The van der Waals surface area contributed by atoms with Crippen molar-refractivity contribution < 1.29 is 9.13 Å². The summed E-state index contributed by atoms with van der Waals surface area (Å²) in [6, 6.07) is 2.91. The summed E-state index contributed by atoms with van der Waals surface area (Å²) in [5.74, 6) is 0.737. The van der Waals surface area contributed by atoms with Crippen LogP contribution in [0.5, 0.6) is 5.75 Å². The Labute approximate surface area is 105 Å². The lowest BCUT2D eigenvalue weighted by Gasteiger charge is -2.17. The molecule has 17 heavy (non-hydrogen) atoms. The van der Waals surface area contributed by atoms with E-state index in [1.807, 2.05) is 0 Å². The average molecular weight is 256 g/mol. The third-order valence-corrected chi connectivity index (χ3v) is 3.63. The van der Waals surface area contributed by atoms with E-state index in [9.17, 15) is 4.39 Å². The SMILES string of the molecule is Fc1cc(Cl)c(OC2CC2)c(C2CCNC2)c1. The molecule has 92 valence electrons. The number of ether oxygens (including phenoxy) is 1. The first-order valence-corrected chi connectivity index (χ1v) is 6.48. The second-order valence-electron chi connectivity index (χ2n) is 4.81. The predicted octanol–water partition coefficient (Wildman–Crippen LogP) is 3.10. The first kappa shape index (κ1) is 11.3. The Hall–Kier alpha value is -0.800. The van der Waals surface area contributed by atoms with E-state index >= 15 is 0 Å². The van der Waals surface area contributed by atoms with E-state index in [1.165, 1.54) is 6.07 Å². The first-order chi connectivity index (χ1) is 8.24. The van der Waals surface area contributed by atoms with Gasteiger partial charge in [-0.05, 0) is 37.9 Å². The standard InChI is InChI=1S/C13H15ClFNO/c14-12-6-9(15)5-11(8-3-4-16-7-8)13(12)17-10-1-2-10/h5-6,8,10,16H,1-4,7H2. The Morgan fingerprint density at radius 1 is 1.29 bits per heavy atom. The summed E-state index contributed by atoms with van der Waals surface area (Å²) in [6.45, 7) is 1.85. The maximum Gasteiger partial charge on any atom is 0.142 e. The Morgan fingerprint density at radius 2 is 2.12 bits per heavy atom. The number of hydrogen-bond donors (Lipinski definition) is 1. The van der Waals surface area contributed by atoms with E-state index < -0.39 is 0 Å². The molecule has 2 fully saturated rings. The van der Waals surface area contributed by atoms with E-state index in [-0.39, 0.29) is 11.9 Å². The Balaban J connectivity index is 1.96. The Morgan fingerprint density at radius 3 is 2.76 bits per heavy atom. The molecule has 1 unspecified atom stereocenters. The molecule has 0 bridgehead atoms. The molecule has 3 rings (SSSR count). The van der Waals surface area contributed by atoms with Gasteiger partial charge in [0.2, 0.25) is 0 Å². The van der Waals surface area contributed by atoms with Crippen molar-refractivity contribution >= 4 is 11.6 Å². The quantitative estimate of drug-likeness (QED) is 0.896. The van der Waals surface area contributed by atoms with Gasteiger partial charge in [0.1, 0.15) is 11.6 Å². The lowest BCUT2D eigenvalue weighted by molar-refractivity contribution is 0.298. The molecule has 1 aliphatic carbocycles. The molecule has 0 aromatic heterocycles. The average Bonchev–Trinajstić information content (AvgIpc) is 2.93. The van der Waals surface area contributed by atoms with Crippen molar-refractivity contribution in [3.8, 4) is 5.75 Å². The lowest BCUT2D eigenvalue weighted by atomic mass is 9.97. The molecule has 1 atom stereocenters. The fraction of sp³-hybridized carbons (Fsp3) is 0.538. The number of halogens is 2. The molecule has 2 aliphatic rings. The van der Waals surface area contributed by atoms with Gasteiger partial charge < -0.3 is 10.1 Å². The van der Waals surface area contributed by atoms with E-state index in [2.05, 4.69) is 5.32 Å². The smallest absolute Gasteiger partial charge is 0.142 e. The summed E-state index contributed by atoms with van der Waals surface area (Å²) < 4.78 is 19.3. The largest absolute Gasteiger partial charge is 0.489 e. The zero-order valence-electron chi connectivity index (χ0n) is 9.51. The minimum absolute atomic E-state index is 0.278. The molecular formula is C13H15ClFNO. The molecule has 0 spiro atoms. The Bertz CT molecular complexity index is 428. The van der Waals surface area contributed by atoms with Gasteiger partial charge >= 0.3 is 0 Å². The number of benzene rings is 1. The van der Waals surface area contributed by atoms with Crippen LogP contribution in [0.3, 0.4) is 0 Å². The fourth-order valence-corrected chi connectivity index (χ4v) is 2.54.